The Balaban J connectivity index is 3.43. The van der Waals surface area contributed by atoms with Crippen LogP contribution in [0.15, 0.2) is 18.2 Å². The monoisotopic (exact) mass is 264 g/mol. The fraction of sp³-hybridized carbons (Fsp3) is 0.400. The van der Waals surface area contributed by atoms with E-state index in [0.29, 0.717) is 0 Å². The van der Waals surface area contributed by atoms with Crippen LogP contribution < -0.4 is 5.73 Å². The minimum atomic E-state index is -3.82. The number of nitrogens with two attached hydrogens (primary N) is 1. The summed E-state index contributed by atoms with van der Waals surface area (Å²) in [5, 5.41) is 20.0. The van der Waals surface area contributed by atoms with Gasteiger partial charge in [0.2, 0.25) is 11.5 Å². The van der Waals surface area contributed by atoms with E-state index in [1.165, 1.54) is 0 Å². The Hall–Kier alpha value is -1.67. The van der Waals surface area contributed by atoms with Crippen molar-refractivity contribution in [3.63, 3.8) is 0 Å². The highest BCUT2D eigenvalue weighted by Crippen LogP contribution is 2.38. The summed E-state index contributed by atoms with van der Waals surface area (Å²) in [6, 6.07) is 2.55. The molecule has 0 heterocycles. The second-order valence-electron chi connectivity index (χ2n) is 3.72. The lowest BCUT2D eigenvalue weighted by atomic mass is 9.94. The Morgan fingerprint density at radius 1 is 1.50 bits per heavy atom. The SMILES string of the molecule is CCC(F)(F)[C@](N)(O)c1cccc([N+](=O)[O-])c1F. The molecule has 18 heavy (non-hydrogen) atoms. The molecule has 3 N–H and O–H groups in total. The van der Waals surface area contributed by atoms with Crippen molar-refractivity contribution in [2.75, 3.05) is 0 Å². The first-order valence-corrected chi connectivity index (χ1v) is 4.97. The second-order valence-corrected chi connectivity index (χ2v) is 3.72. The summed E-state index contributed by atoms with van der Waals surface area (Å²) < 4.78 is 40.5. The number of hydrogen-bond donors (Lipinski definition) is 2. The zero-order valence-corrected chi connectivity index (χ0v) is 9.36. The lowest BCUT2D eigenvalue weighted by Gasteiger charge is -2.31. The van der Waals surface area contributed by atoms with Gasteiger partial charge in [-0.05, 0) is 0 Å². The van der Waals surface area contributed by atoms with Crippen molar-refractivity contribution in [1.82, 2.24) is 0 Å². The molecule has 0 fully saturated rings. The summed E-state index contributed by atoms with van der Waals surface area (Å²) in [4.78, 5) is 9.39. The molecule has 0 amide bonds. The van der Waals surface area contributed by atoms with E-state index in [1.807, 2.05) is 0 Å². The van der Waals surface area contributed by atoms with E-state index in [2.05, 4.69) is 0 Å². The van der Waals surface area contributed by atoms with Crippen LogP contribution in [-0.2, 0) is 5.72 Å². The average Bonchev–Trinajstić information content (AvgIpc) is 2.28. The highest BCUT2D eigenvalue weighted by molar-refractivity contribution is 5.40. The third-order valence-corrected chi connectivity index (χ3v) is 2.59. The van der Waals surface area contributed by atoms with Gasteiger partial charge in [0.25, 0.3) is 5.92 Å². The summed E-state index contributed by atoms with van der Waals surface area (Å²) in [6.07, 6.45) is -0.845. The first-order chi connectivity index (χ1) is 8.15. The zero-order valence-electron chi connectivity index (χ0n) is 9.36. The number of halogens is 3. The predicted octanol–water partition coefficient (Wildman–Crippen LogP) is 1.88. The van der Waals surface area contributed by atoms with Crippen LogP contribution in [0.2, 0.25) is 0 Å². The zero-order chi connectivity index (χ0) is 14.1. The van der Waals surface area contributed by atoms with Crippen LogP contribution in [-0.4, -0.2) is 16.0 Å². The molecule has 0 spiro atoms. The van der Waals surface area contributed by atoms with Crippen LogP contribution in [0.4, 0.5) is 18.9 Å². The third-order valence-electron chi connectivity index (χ3n) is 2.59. The van der Waals surface area contributed by atoms with Gasteiger partial charge in [0.1, 0.15) is 0 Å². The molecule has 0 saturated carbocycles. The Bertz CT molecular complexity index is 477. The average molecular weight is 264 g/mol. The summed E-state index contributed by atoms with van der Waals surface area (Å²) in [5.41, 5.74) is -0.304. The quantitative estimate of drug-likeness (QED) is 0.493. The van der Waals surface area contributed by atoms with Crippen LogP contribution in [0.5, 0.6) is 0 Å². The maximum atomic E-state index is 13.7. The largest absolute Gasteiger partial charge is 0.367 e. The van der Waals surface area contributed by atoms with Crippen molar-refractivity contribution in [2.24, 2.45) is 5.73 Å². The van der Waals surface area contributed by atoms with E-state index in [-0.39, 0.29) is 0 Å². The van der Waals surface area contributed by atoms with Crippen LogP contribution in [0.3, 0.4) is 0 Å². The maximum absolute atomic E-state index is 13.7. The Labute approximate surface area is 100 Å². The van der Waals surface area contributed by atoms with Crippen LogP contribution in [0.1, 0.15) is 18.9 Å². The van der Waals surface area contributed by atoms with E-state index in [0.717, 1.165) is 25.1 Å². The maximum Gasteiger partial charge on any atom is 0.305 e. The lowest BCUT2D eigenvalue weighted by molar-refractivity contribution is -0.387. The first-order valence-electron chi connectivity index (χ1n) is 4.97. The minimum absolute atomic E-state index is 0.784. The van der Waals surface area contributed by atoms with E-state index >= 15 is 0 Å². The van der Waals surface area contributed by atoms with Crippen LogP contribution in [0, 0.1) is 15.9 Å². The molecule has 5 nitrogen and oxygen atoms in total. The molecule has 1 rings (SSSR count). The van der Waals surface area contributed by atoms with Crippen molar-refractivity contribution in [1.29, 1.82) is 0 Å². The number of alkyl halides is 2. The predicted molar refractivity (Wildman–Crippen MR) is 56.4 cm³/mol. The van der Waals surface area contributed by atoms with Crippen molar-refractivity contribution in [3.05, 3.63) is 39.7 Å². The number of nitrogens with zero attached hydrogens (tertiary/aromatic N) is 1. The molecule has 0 aliphatic rings. The molecule has 0 aliphatic heterocycles. The van der Waals surface area contributed by atoms with Crippen LogP contribution in [0.25, 0.3) is 0 Å². The number of hydrogen-bond acceptors (Lipinski definition) is 4. The summed E-state index contributed by atoms with van der Waals surface area (Å²) in [6.45, 7) is 1.05. The van der Waals surface area contributed by atoms with Gasteiger partial charge in [-0.15, -0.1) is 0 Å². The molecular formula is C10H11F3N2O3. The molecule has 1 aromatic carbocycles. The molecule has 1 atom stereocenters. The van der Waals surface area contributed by atoms with Gasteiger partial charge < -0.3 is 5.11 Å². The van der Waals surface area contributed by atoms with Gasteiger partial charge in [-0.2, -0.15) is 4.39 Å². The van der Waals surface area contributed by atoms with Crippen molar-refractivity contribution >= 4 is 5.69 Å². The summed E-state index contributed by atoms with van der Waals surface area (Å²) in [7, 11) is 0. The minimum Gasteiger partial charge on any atom is -0.367 e. The number of benzene rings is 1. The van der Waals surface area contributed by atoms with Gasteiger partial charge in [0, 0.05) is 18.1 Å². The molecule has 1 aromatic rings. The van der Waals surface area contributed by atoms with E-state index < -0.39 is 40.1 Å². The van der Waals surface area contributed by atoms with Gasteiger partial charge in [-0.3, -0.25) is 15.8 Å². The second kappa shape index (κ2) is 4.54. The molecule has 0 bridgehead atoms. The van der Waals surface area contributed by atoms with Crippen molar-refractivity contribution < 1.29 is 23.2 Å². The molecule has 0 unspecified atom stereocenters. The number of aliphatic hydroxyl groups is 1. The Morgan fingerprint density at radius 3 is 2.50 bits per heavy atom. The fourth-order valence-corrected chi connectivity index (χ4v) is 1.42. The smallest absolute Gasteiger partial charge is 0.305 e. The molecule has 0 aliphatic carbocycles. The Kier molecular flexibility index (Phi) is 3.63. The van der Waals surface area contributed by atoms with Gasteiger partial charge in [-0.1, -0.05) is 19.1 Å². The number of nitro benzene ring substituents is 1. The van der Waals surface area contributed by atoms with E-state index in [9.17, 15) is 28.4 Å². The summed E-state index contributed by atoms with van der Waals surface area (Å²) in [5.74, 6) is -5.39. The van der Waals surface area contributed by atoms with Crippen molar-refractivity contribution in [2.45, 2.75) is 25.0 Å². The standard InChI is InChI=1S/C10H11F3N2O3/c1-2-9(12,13)10(14,16)6-4-3-5-7(8(6)11)15(17)18/h3-5,16H,2,14H2,1H3/t10-/m1/s1. The topological polar surface area (TPSA) is 89.4 Å². The molecule has 0 aromatic heterocycles. The molecule has 0 saturated heterocycles. The van der Waals surface area contributed by atoms with E-state index in [4.69, 9.17) is 5.73 Å². The van der Waals surface area contributed by atoms with Gasteiger partial charge in [0.05, 0.1) is 4.92 Å². The fourth-order valence-electron chi connectivity index (χ4n) is 1.42. The van der Waals surface area contributed by atoms with Crippen molar-refractivity contribution in [3.8, 4) is 0 Å². The van der Waals surface area contributed by atoms with Gasteiger partial charge >= 0.3 is 5.69 Å². The molecule has 0 radical (unpaired) electrons. The highest BCUT2D eigenvalue weighted by atomic mass is 19.3. The molecular weight excluding hydrogens is 253 g/mol. The Morgan fingerprint density at radius 2 is 2.06 bits per heavy atom. The normalized spacial score (nSPS) is 15.2. The van der Waals surface area contributed by atoms with E-state index in [1.54, 1.807) is 0 Å². The number of nitro groups is 1. The molecule has 8 heteroatoms. The number of rotatable bonds is 4. The van der Waals surface area contributed by atoms with Gasteiger partial charge in [-0.25, -0.2) is 8.78 Å². The molecule has 100 valence electrons. The van der Waals surface area contributed by atoms with Crippen LogP contribution >= 0.6 is 0 Å². The lowest BCUT2D eigenvalue weighted by Crippen LogP contribution is -2.53. The summed E-state index contributed by atoms with van der Waals surface area (Å²) >= 11 is 0. The third kappa shape index (κ3) is 2.16. The first kappa shape index (κ1) is 14.4. The highest BCUT2D eigenvalue weighted by Gasteiger charge is 2.51. The van der Waals surface area contributed by atoms with Gasteiger partial charge in [0.15, 0.2) is 0 Å².